The van der Waals surface area contributed by atoms with Crippen LogP contribution < -0.4 is 5.32 Å². The summed E-state index contributed by atoms with van der Waals surface area (Å²) in [4.78, 5) is 13.5. The molecule has 1 heterocycles. The van der Waals surface area contributed by atoms with Crippen molar-refractivity contribution in [2.24, 2.45) is 0 Å². The molecule has 0 aliphatic carbocycles. The first-order valence-electron chi connectivity index (χ1n) is 5.27. The number of hydrogen-bond acceptors (Lipinski definition) is 3. The summed E-state index contributed by atoms with van der Waals surface area (Å²) in [6.07, 6.45) is 6.12. The Hall–Kier alpha value is -1.05. The summed E-state index contributed by atoms with van der Waals surface area (Å²) >= 11 is 0. The third-order valence-electron chi connectivity index (χ3n) is 2.31. The Bertz CT molecular complexity index is 247. The van der Waals surface area contributed by atoms with Gasteiger partial charge in [0.2, 0.25) is 5.91 Å². The van der Waals surface area contributed by atoms with Crippen LogP contribution >= 0.6 is 0 Å². The quantitative estimate of drug-likeness (QED) is 0.520. The highest BCUT2D eigenvalue weighted by molar-refractivity contribution is 5.78. The van der Waals surface area contributed by atoms with E-state index in [0.29, 0.717) is 19.6 Å². The number of hydrogen-bond donors (Lipinski definition) is 1. The molecule has 4 nitrogen and oxygen atoms in total. The monoisotopic (exact) mass is 210 g/mol. The van der Waals surface area contributed by atoms with Crippen molar-refractivity contribution in [1.29, 1.82) is 0 Å². The van der Waals surface area contributed by atoms with Crippen LogP contribution in [0.5, 0.6) is 0 Å². The maximum absolute atomic E-state index is 11.7. The van der Waals surface area contributed by atoms with E-state index < -0.39 is 0 Å². The van der Waals surface area contributed by atoms with Crippen LogP contribution in [0.15, 0.2) is 0 Å². The van der Waals surface area contributed by atoms with Gasteiger partial charge in [0, 0.05) is 19.7 Å². The van der Waals surface area contributed by atoms with Crippen molar-refractivity contribution in [3.63, 3.8) is 0 Å². The standard InChI is InChI=1S/C11H18N2O2/c1-3-5-12-8-11(14)13-6-4-7-15-10(2)9-13/h1,10,12H,4-9H2,2H3. The largest absolute Gasteiger partial charge is 0.377 e. The van der Waals surface area contributed by atoms with E-state index in [9.17, 15) is 4.79 Å². The number of rotatable bonds is 3. The third-order valence-corrected chi connectivity index (χ3v) is 2.31. The Labute approximate surface area is 91.0 Å². The van der Waals surface area contributed by atoms with Gasteiger partial charge in [0.05, 0.1) is 19.2 Å². The van der Waals surface area contributed by atoms with Crippen LogP contribution in [0, 0.1) is 12.3 Å². The average Bonchev–Trinajstić information content (AvgIpc) is 2.43. The van der Waals surface area contributed by atoms with Crippen molar-refractivity contribution in [2.45, 2.75) is 19.4 Å². The molecule has 1 atom stereocenters. The maximum Gasteiger partial charge on any atom is 0.236 e. The third kappa shape index (κ3) is 4.32. The van der Waals surface area contributed by atoms with Crippen molar-refractivity contribution in [1.82, 2.24) is 10.2 Å². The molecular formula is C11H18N2O2. The SMILES string of the molecule is C#CCNCC(=O)N1CCCOC(C)C1. The van der Waals surface area contributed by atoms with Crippen LogP contribution in [-0.2, 0) is 9.53 Å². The van der Waals surface area contributed by atoms with Crippen LogP contribution in [0.4, 0.5) is 0 Å². The van der Waals surface area contributed by atoms with Crippen LogP contribution in [0.3, 0.4) is 0 Å². The van der Waals surface area contributed by atoms with Crippen molar-refractivity contribution in [3.8, 4) is 12.3 Å². The van der Waals surface area contributed by atoms with E-state index in [1.54, 1.807) is 0 Å². The summed E-state index contributed by atoms with van der Waals surface area (Å²) in [5, 5.41) is 2.90. The minimum Gasteiger partial charge on any atom is -0.377 e. The zero-order valence-corrected chi connectivity index (χ0v) is 9.16. The Kier molecular flexibility index (Phi) is 5.16. The molecule has 15 heavy (non-hydrogen) atoms. The summed E-state index contributed by atoms with van der Waals surface area (Å²) in [5.41, 5.74) is 0. The Balaban J connectivity index is 2.33. The first-order valence-corrected chi connectivity index (χ1v) is 5.27. The molecule has 84 valence electrons. The Morgan fingerprint density at radius 3 is 3.27 bits per heavy atom. The van der Waals surface area contributed by atoms with Crippen molar-refractivity contribution >= 4 is 5.91 Å². The molecule has 1 saturated heterocycles. The van der Waals surface area contributed by atoms with Gasteiger partial charge in [-0.25, -0.2) is 0 Å². The fraction of sp³-hybridized carbons (Fsp3) is 0.727. The average molecular weight is 210 g/mol. The topological polar surface area (TPSA) is 41.6 Å². The van der Waals surface area contributed by atoms with E-state index in [0.717, 1.165) is 19.6 Å². The lowest BCUT2D eigenvalue weighted by molar-refractivity contribution is -0.130. The van der Waals surface area contributed by atoms with Gasteiger partial charge in [-0.1, -0.05) is 5.92 Å². The lowest BCUT2D eigenvalue weighted by Gasteiger charge is -2.22. The van der Waals surface area contributed by atoms with Gasteiger partial charge in [0.25, 0.3) is 0 Å². The number of terminal acetylenes is 1. The second-order valence-electron chi connectivity index (χ2n) is 3.68. The lowest BCUT2D eigenvalue weighted by Crippen LogP contribution is -2.41. The van der Waals surface area contributed by atoms with Crippen molar-refractivity contribution in [2.75, 3.05) is 32.8 Å². The lowest BCUT2D eigenvalue weighted by atomic mass is 10.3. The second-order valence-corrected chi connectivity index (χ2v) is 3.68. The van der Waals surface area contributed by atoms with E-state index in [-0.39, 0.29) is 12.0 Å². The molecular weight excluding hydrogens is 192 g/mol. The van der Waals surface area contributed by atoms with E-state index >= 15 is 0 Å². The molecule has 1 aliphatic rings. The van der Waals surface area contributed by atoms with Gasteiger partial charge in [-0.05, 0) is 13.3 Å². The van der Waals surface area contributed by atoms with E-state index in [2.05, 4.69) is 11.2 Å². The minimum atomic E-state index is 0.0996. The molecule has 1 N–H and O–H groups in total. The van der Waals surface area contributed by atoms with E-state index in [4.69, 9.17) is 11.2 Å². The highest BCUT2D eigenvalue weighted by atomic mass is 16.5. The van der Waals surface area contributed by atoms with Gasteiger partial charge in [0.1, 0.15) is 0 Å². The molecule has 0 saturated carbocycles. The summed E-state index contributed by atoms with van der Waals surface area (Å²) in [7, 11) is 0. The smallest absolute Gasteiger partial charge is 0.236 e. The first kappa shape index (κ1) is 12.0. The van der Waals surface area contributed by atoms with Crippen LogP contribution in [0.25, 0.3) is 0 Å². The number of nitrogens with zero attached hydrogens (tertiary/aromatic N) is 1. The highest BCUT2D eigenvalue weighted by Crippen LogP contribution is 2.04. The second kappa shape index (κ2) is 6.44. The van der Waals surface area contributed by atoms with Gasteiger partial charge in [0.15, 0.2) is 0 Å². The zero-order valence-electron chi connectivity index (χ0n) is 9.16. The van der Waals surface area contributed by atoms with Crippen molar-refractivity contribution < 1.29 is 9.53 Å². The fourth-order valence-electron chi connectivity index (χ4n) is 1.57. The van der Waals surface area contributed by atoms with Gasteiger partial charge in [-0.15, -0.1) is 6.42 Å². The number of ether oxygens (including phenoxy) is 1. The molecule has 1 amide bonds. The molecule has 1 aliphatic heterocycles. The first-order chi connectivity index (χ1) is 7.24. The van der Waals surface area contributed by atoms with E-state index in [1.807, 2.05) is 11.8 Å². The molecule has 0 spiro atoms. The number of nitrogens with one attached hydrogen (secondary N) is 1. The molecule has 1 rings (SSSR count). The predicted molar refractivity (Wildman–Crippen MR) is 58.3 cm³/mol. The van der Waals surface area contributed by atoms with E-state index in [1.165, 1.54) is 0 Å². The van der Waals surface area contributed by atoms with Gasteiger partial charge in [-0.2, -0.15) is 0 Å². The molecule has 1 unspecified atom stereocenters. The number of carbonyl (C=O) groups is 1. The zero-order chi connectivity index (χ0) is 11.1. The van der Waals surface area contributed by atoms with Crippen LogP contribution in [-0.4, -0.2) is 49.7 Å². The molecule has 0 aromatic heterocycles. The highest BCUT2D eigenvalue weighted by Gasteiger charge is 2.18. The summed E-state index contributed by atoms with van der Waals surface area (Å²) < 4.78 is 5.46. The molecule has 0 aromatic rings. The van der Waals surface area contributed by atoms with Gasteiger partial charge in [-0.3, -0.25) is 10.1 Å². The summed E-state index contributed by atoms with van der Waals surface area (Å²) in [6, 6.07) is 0. The molecule has 4 heteroatoms. The van der Waals surface area contributed by atoms with Crippen molar-refractivity contribution in [3.05, 3.63) is 0 Å². The molecule has 0 bridgehead atoms. The summed E-state index contributed by atoms with van der Waals surface area (Å²) in [6.45, 7) is 4.93. The number of carbonyl (C=O) groups excluding carboxylic acids is 1. The molecule has 1 fully saturated rings. The van der Waals surface area contributed by atoms with Gasteiger partial charge >= 0.3 is 0 Å². The fourth-order valence-corrected chi connectivity index (χ4v) is 1.57. The molecule has 0 aromatic carbocycles. The normalized spacial score (nSPS) is 21.9. The van der Waals surface area contributed by atoms with Gasteiger partial charge < -0.3 is 9.64 Å². The molecule has 0 radical (unpaired) electrons. The predicted octanol–water partition coefficient (Wildman–Crippen LogP) is -0.153. The Morgan fingerprint density at radius 1 is 1.73 bits per heavy atom. The van der Waals surface area contributed by atoms with Crippen LogP contribution in [0.2, 0.25) is 0 Å². The minimum absolute atomic E-state index is 0.0996. The maximum atomic E-state index is 11.7. The Morgan fingerprint density at radius 2 is 2.53 bits per heavy atom. The number of amides is 1. The summed E-state index contributed by atoms with van der Waals surface area (Å²) in [5.74, 6) is 2.54. The van der Waals surface area contributed by atoms with Crippen LogP contribution in [0.1, 0.15) is 13.3 Å².